The maximum atomic E-state index is 13.6. The van der Waals surface area contributed by atoms with E-state index < -0.39 is 0 Å². The van der Waals surface area contributed by atoms with Crippen molar-refractivity contribution >= 4 is 5.84 Å². The van der Waals surface area contributed by atoms with Crippen LogP contribution in [0.4, 0.5) is 4.39 Å². The fourth-order valence-corrected chi connectivity index (χ4v) is 2.76. The van der Waals surface area contributed by atoms with Crippen molar-refractivity contribution in [1.29, 1.82) is 5.41 Å². The van der Waals surface area contributed by atoms with Gasteiger partial charge in [-0.15, -0.1) is 0 Å². The van der Waals surface area contributed by atoms with Gasteiger partial charge in [-0.25, -0.2) is 9.37 Å². The van der Waals surface area contributed by atoms with E-state index in [0.717, 1.165) is 18.4 Å². The van der Waals surface area contributed by atoms with Crippen molar-refractivity contribution < 1.29 is 4.39 Å². The maximum Gasteiger partial charge on any atom is 0.124 e. The van der Waals surface area contributed by atoms with Crippen LogP contribution in [-0.4, -0.2) is 15.4 Å². The summed E-state index contributed by atoms with van der Waals surface area (Å²) in [6.45, 7) is 0.570. The van der Waals surface area contributed by atoms with Gasteiger partial charge in [0.1, 0.15) is 11.7 Å². The van der Waals surface area contributed by atoms with Gasteiger partial charge >= 0.3 is 0 Å². The second kappa shape index (κ2) is 5.07. The Morgan fingerprint density at radius 2 is 2.10 bits per heavy atom. The summed E-state index contributed by atoms with van der Waals surface area (Å²) in [5.41, 5.74) is 9.09. The Balaban J connectivity index is 1.91. The molecule has 3 rings (SSSR count). The zero-order chi connectivity index (χ0) is 14.1. The lowest BCUT2D eigenvalue weighted by Gasteiger charge is -2.14. The highest BCUT2D eigenvalue weighted by atomic mass is 19.1. The average Bonchev–Trinajstić information content (AvgIpc) is 2.82. The predicted octanol–water partition coefficient (Wildman–Crippen LogP) is 2.23. The first kappa shape index (κ1) is 12.8. The van der Waals surface area contributed by atoms with Gasteiger partial charge < -0.3 is 10.3 Å². The topological polar surface area (TPSA) is 67.7 Å². The lowest BCUT2D eigenvalue weighted by molar-refractivity contribution is 0.614. The lowest BCUT2D eigenvalue weighted by Crippen LogP contribution is -2.13. The van der Waals surface area contributed by atoms with Gasteiger partial charge in [-0.2, -0.15) is 0 Å². The number of hydrogen-bond donors (Lipinski definition) is 2. The van der Waals surface area contributed by atoms with Crippen LogP contribution < -0.4 is 5.73 Å². The van der Waals surface area contributed by atoms with Crippen LogP contribution in [0.1, 0.15) is 35.4 Å². The Kier molecular flexibility index (Phi) is 3.26. The van der Waals surface area contributed by atoms with Crippen LogP contribution in [0.2, 0.25) is 0 Å². The van der Waals surface area contributed by atoms with E-state index in [2.05, 4.69) is 9.55 Å². The molecule has 1 aromatic heterocycles. The van der Waals surface area contributed by atoms with Crippen LogP contribution in [0.25, 0.3) is 0 Å². The minimum atomic E-state index is -0.360. The third kappa shape index (κ3) is 2.43. The van der Waals surface area contributed by atoms with E-state index >= 15 is 0 Å². The van der Waals surface area contributed by atoms with Gasteiger partial charge in [0.05, 0.1) is 12.0 Å². The van der Waals surface area contributed by atoms with E-state index in [1.807, 2.05) is 6.33 Å². The number of nitrogens with two attached hydrogens (primary N) is 1. The molecule has 0 saturated heterocycles. The van der Waals surface area contributed by atoms with E-state index in [0.29, 0.717) is 12.1 Å². The molecule has 4 nitrogen and oxygen atoms in total. The minimum absolute atomic E-state index is 0.113. The van der Waals surface area contributed by atoms with Crippen LogP contribution in [0.3, 0.4) is 0 Å². The number of amidine groups is 1. The van der Waals surface area contributed by atoms with E-state index in [-0.39, 0.29) is 11.7 Å². The number of fused-ring (bicyclic) bond motifs is 1. The molecule has 5 heteroatoms. The van der Waals surface area contributed by atoms with Gasteiger partial charge in [0.2, 0.25) is 0 Å². The van der Waals surface area contributed by atoms with Gasteiger partial charge in [0, 0.05) is 17.8 Å². The first-order valence-electron chi connectivity index (χ1n) is 6.80. The molecule has 0 fully saturated rings. The Hall–Kier alpha value is -2.17. The smallest absolute Gasteiger partial charge is 0.124 e. The Morgan fingerprint density at radius 3 is 2.90 bits per heavy atom. The molecule has 20 heavy (non-hydrogen) atoms. The average molecular weight is 272 g/mol. The zero-order valence-corrected chi connectivity index (χ0v) is 11.2. The number of nitrogen functional groups attached to an aromatic ring is 1. The fraction of sp³-hybridized carbons (Fsp3) is 0.333. The Bertz CT molecular complexity index is 660. The zero-order valence-electron chi connectivity index (χ0n) is 11.2. The van der Waals surface area contributed by atoms with E-state index in [9.17, 15) is 4.39 Å². The molecule has 2 aromatic rings. The third-order valence-corrected chi connectivity index (χ3v) is 3.73. The van der Waals surface area contributed by atoms with Gasteiger partial charge in [-0.3, -0.25) is 5.41 Å². The highest BCUT2D eigenvalue weighted by Crippen LogP contribution is 2.21. The van der Waals surface area contributed by atoms with Crippen LogP contribution >= 0.6 is 0 Å². The summed E-state index contributed by atoms with van der Waals surface area (Å²) in [5, 5.41) is 7.42. The van der Waals surface area contributed by atoms with Crippen LogP contribution in [0, 0.1) is 11.2 Å². The fourth-order valence-electron chi connectivity index (χ4n) is 2.76. The van der Waals surface area contributed by atoms with Crippen LogP contribution in [-0.2, 0) is 19.4 Å². The molecular formula is C15H17FN4. The molecule has 1 aliphatic rings. The second-order valence-electron chi connectivity index (χ2n) is 5.23. The number of nitrogens with zero attached hydrogens (tertiary/aromatic N) is 2. The molecular weight excluding hydrogens is 255 g/mol. The van der Waals surface area contributed by atoms with Gasteiger partial charge in [0.15, 0.2) is 0 Å². The van der Waals surface area contributed by atoms with Crippen molar-refractivity contribution in [3.63, 3.8) is 0 Å². The maximum absolute atomic E-state index is 13.6. The molecule has 0 bridgehead atoms. The molecule has 3 N–H and O–H groups in total. The number of halogens is 1. The van der Waals surface area contributed by atoms with Crippen molar-refractivity contribution in [3.05, 3.63) is 52.9 Å². The summed E-state index contributed by atoms with van der Waals surface area (Å²) in [7, 11) is 0. The van der Waals surface area contributed by atoms with Crippen molar-refractivity contribution in [2.24, 2.45) is 5.73 Å². The number of nitrogens with one attached hydrogen (secondary N) is 1. The van der Waals surface area contributed by atoms with Gasteiger partial charge in [0.25, 0.3) is 0 Å². The van der Waals surface area contributed by atoms with Crippen molar-refractivity contribution in [2.75, 3.05) is 0 Å². The number of aromatic nitrogens is 2. The molecule has 1 heterocycles. The molecule has 1 aromatic carbocycles. The highest BCUT2D eigenvalue weighted by molar-refractivity contribution is 5.95. The molecule has 0 saturated carbocycles. The van der Waals surface area contributed by atoms with Crippen LogP contribution in [0.15, 0.2) is 24.5 Å². The standard InChI is InChI=1S/C15H17FN4/c16-12-6-10(5-11(7-12)15(17)18)8-20-9-19-13-3-1-2-4-14(13)20/h5-7,9H,1-4,8H2,(H3,17,18). The monoisotopic (exact) mass is 272 g/mol. The molecule has 0 aliphatic heterocycles. The summed E-state index contributed by atoms with van der Waals surface area (Å²) < 4.78 is 15.7. The minimum Gasteiger partial charge on any atom is -0.384 e. The summed E-state index contributed by atoms with van der Waals surface area (Å²) in [6.07, 6.45) is 6.27. The second-order valence-corrected chi connectivity index (χ2v) is 5.23. The Morgan fingerprint density at radius 1 is 1.30 bits per heavy atom. The molecule has 1 aliphatic carbocycles. The lowest BCUT2D eigenvalue weighted by atomic mass is 10.0. The van der Waals surface area contributed by atoms with E-state index in [1.54, 1.807) is 6.07 Å². The largest absolute Gasteiger partial charge is 0.384 e. The number of aryl methyl sites for hydroxylation is 1. The summed E-state index contributed by atoms with van der Waals surface area (Å²) in [4.78, 5) is 4.44. The quantitative estimate of drug-likeness (QED) is 0.664. The third-order valence-electron chi connectivity index (χ3n) is 3.73. The van der Waals surface area contributed by atoms with Gasteiger partial charge in [-0.1, -0.05) is 0 Å². The van der Waals surface area contributed by atoms with Crippen molar-refractivity contribution in [3.8, 4) is 0 Å². The van der Waals surface area contributed by atoms with Crippen molar-refractivity contribution in [2.45, 2.75) is 32.2 Å². The molecule has 0 unspecified atom stereocenters. The molecule has 0 spiro atoms. The van der Waals surface area contributed by atoms with Crippen LogP contribution in [0.5, 0.6) is 0 Å². The number of hydrogen-bond acceptors (Lipinski definition) is 2. The SMILES string of the molecule is N=C(N)c1cc(F)cc(Cn2cnc3c2CCCC3)c1. The number of imidazole rings is 1. The van der Waals surface area contributed by atoms with Gasteiger partial charge in [-0.05, 0) is 49.4 Å². The summed E-state index contributed by atoms with van der Waals surface area (Å²) in [5.74, 6) is -0.472. The summed E-state index contributed by atoms with van der Waals surface area (Å²) >= 11 is 0. The first-order chi connectivity index (χ1) is 9.63. The Labute approximate surface area is 117 Å². The first-order valence-corrected chi connectivity index (χ1v) is 6.80. The number of rotatable bonds is 3. The van der Waals surface area contributed by atoms with E-state index in [1.165, 1.54) is 36.4 Å². The molecule has 0 atom stereocenters. The normalized spacial score (nSPS) is 14.1. The number of benzene rings is 1. The predicted molar refractivity (Wildman–Crippen MR) is 75.4 cm³/mol. The molecule has 0 amide bonds. The summed E-state index contributed by atoms with van der Waals surface area (Å²) in [6, 6.07) is 4.54. The molecule has 104 valence electrons. The van der Waals surface area contributed by atoms with Crippen molar-refractivity contribution in [1.82, 2.24) is 9.55 Å². The van der Waals surface area contributed by atoms with E-state index in [4.69, 9.17) is 11.1 Å². The highest BCUT2D eigenvalue weighted by Gasteiger charge is 2.15. The molecule has 0 radical (unpaired) electrons.